The molecule has 0 aliphatic heterocycles. The number of aromatic nitrogens is 1. The van der Waals surface area contributed by atoms with E-state index in [0.717, 1.165) is 11.8 Å². The van der Waals surface area contributed by atoms with Gasteiger partial charge < -0.3 is 0 Å². The fourth-order valence-corrected chi connectivity index (χ4v) is 1.40. The molecule has 0 amide bonds. The van der Waals surface area contributed by atoms with Crippen molar-refractivity contribution in [1.82, 2.24) is 4.98 Å². The molecule has 1 aromatic rings. The Bertz CT molecular complexity index is 517. The molecule has 0 unspecified atom stereocenters. The van der Waals surface area contributed by atoms with Gasteiger partial charge in [0.15, 0.2) is 5.12 Å². The van der Waals surface area contributed by atoms with E-state index >= 15 is 0 Å². The van der Waals surface area contributed by atoms with Crippen LogP contribution in [0.3, 0.4) is 0 Å². The summed E-state index contributed by atoms with van der Waals surface area (Å²) in [6.07, 6.45) is 1.48. The molecule has 0 bridgehead atoms. The maximum Gasteiger partial charge on any atom is 0.291 e. The molecule has 17 heavy (non-hydrogen) atoms. The summed E-state index contributed by atoms with van der Waals surface area (Å²) >= 11 is 1.10. The Morgan fingerprint density at radius 3 is 2.94 bits per heavy atom. The van der Waals surface area contributed by atoms with E-state index in [1.165, 1.54) is 19.2 Å². The average Bonchev–Trinajstić information content (AvgIpc) is 2.25. The van der Waals surface area contributed by atoms with Gasteiger partial charge in [-0.3, -0.25) is 19.9 Å². The van der Waals surface area contributed by atoms with Gasteiger partial charge in [0.25, 0.3) is 5.69 Å². The predicted molar refractivity (Wildman–Crippen MR) is 65.6 cm³/mol. The minimum Gasteiger partial charge on any atom is -0.288 e. The lowest BCUT2D eigenvalue weighted by molar-refractivity contribution is -0.385. The van der Waals surface area contributed by atoms with E-state index in [9.17, 15) is 14.9 Å². The molecule has 5 nitrogen and oxygen atoms in total. The number of carbonyl (C=O) groups is 1. The summed E-state index contributed by atoms with van der Waals surface area (Å²) in [4.78, 5) is 24.7. The summed E-state index contributed by atoms with van der Waals surface area (Å²) in [7, 11) is 0. The topological polar surface area (TPSA) is 73.1 Å². The Labute approximate surface area is 103 Å². The summed E-state index contributed by atoms with van der Waals surface area (Å²) < 4.78 is 0. The molecule has 6 heteroatoms. The maximum absolute atomic E-state index is 10.7. The molecular weight excluding hydrogens is 240 g/mol. The zero-order valence-corrected chi connectivity index (χ0v) is 10.2. The van der Waals surface area contributed by atoms with Crippen molar-refractivity contribution in [3.63, 3.8) is 0 Å². The highest BCUT2D eigenvalue weighted by molar-refractivity contribution is 8.13. The summed E-state index contributed by atoms with van der Waals surface area (Å²) in [6.45, 7) is 3.03. The van der Waals surface area contributed by atoms with Crippen molar-refractivity contribution >= 4 is 22.6 Å². The molecule has 88 valence electrons. The third-order valence-corrected chi connectivity index (χ3v) is 2.53. The first kappa shape index (κ1) is 13.2. The summed E-state index contributed by atoms with van der Waals surface area (Å²) in [5, 5.41) is 10.7. The SMILES string of the molecule is CC(=O)SCC#Cc1cnc(C)c([N+](=O)[O-])c1. The second-order valence-corrected chi connectivity index (χ2v) is 4.32. The Morgan fingerprint density at radius 2 is 2.35 bits per heavy atom. The van der Waals surface area contributed by atoms with Crippen LogP contribution in [-0.4, -0.2) is 20.8 Å². The van der Waals surface area contributed by atoms with E-state index < -0.39 is 4.92 Å². The van der Waals surface area contributed by atoms with Crippen LogP contribution in [0, 0.1) is 28.9 Å². The third kappa shape index (κ3) is 4.25. The lowest BCUT2D eigenvalue weighted by Crippen LogP contribution is -1.95. The van der Waals surface area contributed by atoms with Crippen molar-refractivity contribution in [3.05, 3.63) is 33.6 Å². The lowest BCUT2D eigenvalue weighted by Gasteiger charge is -1.96. The van der Waals surface area contributed by atoms with Crippen molar-refractivity contribution < 1.29 is 9.72 Å². The molecule has 0 radical (unpaired) electrons. The highest BCUT2D eigenvalue weighted by atomic mass is 32.2. The molecule has 0 atom stereocenters. The molecule has 0 aliphatic carbocycles. The minimum atomic E-state index is -0.488. The zero-order chi connectivity index (χ0) is 12.8. The van der Waals surface area contributed by atoms with Crippen LogP contribution in [0.2, 0.25) is 0 Å². The van der Waals surface area contributed by atoms with E-state index in [0.29, 0.717) is 17.0 Å². The number of nitrogens with zero attached hydrogens (tertiary/aromatic N) is 2. The third-order valence-electron chi connectivity index (χ3n) is 1.84. The Hall–Kier alpha value is -1.87. The normalized spacial score (nSPS) is 9.29. The number of aryl methyl sites for hydroxylation is 1. The van der Waals surface area contributed by atoms with Crippen LogP contribution in [0.1, 0.15) is 18.2 Å². The van der Waals surface area contributed by atoms with Crippen molar-refractivity contribution in [2.75, 3.05) is 5.75 Å². The van der Waals surface area contributed by atoms with Crippen LogP contribution in [0.5, 0.6) is 0 Å². The Balaban J connectivity index is 2.82. The number of nitro groups is 1. The van der Waals surface area contributed by atoms with Gasteiger partial charge in [-0.05, 0) is 6.92 Å². The number of carbonyl (C=O) groups excluding carboxylic acids is 1. The van der Waals surface area contributed by atoms with Crippen LogP contribution in [0.25, 0.3) is 0 Å². The van der Waals surface area contributed by atoms with Gasteiger partial charge in [0.1, 0.15) is 5.69 Å². The summed E-state index contributed by atoms with van der Waals surface area (Å²) in [6, 6.07) is 1.38. The summed E-state index contributed by atoms with van der Waals surface area (Å²) in [5.41, 5.74) is 0.793. The molecule has 0 saturated carbocycles. The molecular formula is C11H10N2O3S. The first-order valence-corrected chi connectivity index (χ1v) is 5.72. The minimum absolute atomic E-state index is 0.00712. The van der Waals surface area contributed by atoms with E-state index in [-0.39, 0.29) is 10.8 Å². The van der Waals surface area contributed by atoms with Crippen molar-refractivity contribution in [3.8, 4) is 11.8 Å². The lowest BCUT2D eigenvalue weighted by atomic mass is 10.2. The largest absolute Gasteiger partial charge is 0.291 e. The molecule has 0 aromatic carbocycles. The molecule has 0 N–H and O–H groups in total. The second kappa shape index (κ2) is 6.01. The van der Waals surface area contributed by atoms with Crippen LogP contribution in [0.4, 0.5) is 5.69 Å². The van der Waals surface area contributed by atoms with Gasteiger partial charge in [-0.2, -0.15) is 0 Å². The number of hydrogen-bond acceptors (Lipinski definition) is 5. The van der Waals surface area contributed by atoms with Crippen molar-refractivity contribution in [1.29, 1.82) is 0 Å². The molecule has 0 spiro atoms. The summed E-state index contributed by atoms with van der Waals surface area (Å²) in [5.74, 6) is 5.85. The van der Waals surface area contributed by atoms with Gasteiger partial charge in [-0.15, -0.1) is 0 Å². The highest BCUT2D eigenvalue weighted by Crippen LogP contribution is 2.15. The fraction of sp³-hybridized carbons (Fsp3) is 0.273. The fourth-order valence-electron chi connectivity index (χ4n) is 1.05. The number of hydrogen-bond donors (Lipinski definition) is 0. The molecule has 1 rings (SSSR count). The monoisotopic (exact) mass is 250 g/mol. The molecule has 1 heterocycles. The Kier molecular flexibility index (Phi) is 4.67. The average molecular weight is 250 g/mol. The smallest absolute Gasteiger partial charge is 0.288 e. The first-order valence-electron chi connectivity index (χ1n) is 4.74. The van der Waals surface area contributed by atoms with Crippen LogP contribution in [0.15, 0.2) is 12.3 Å². The molecule has 0 fully saturated rings. The maximum atomic E-state index is 10.7. The molecule has 0 saturated heterocycles. The van der Waals surface area contributed by atoms with Gasteiger partial charge in [-0.25, -0.2) is 0 Å². The van der Waals surface area contributed by atoms with Gasteiger partial charge in [0.05, 0.1) is 10.7 Å². The second-order valence-electron chi connectivity index (χ2n) is 3.17. The molecule has 0 aliphatic rings. The van der Waals surface area contributed by atoms with Crippen LogP contribution >= 0.6 is 11.8 Å². The van der Waals surface area contributed by atoms with E-state index in [2.05, 4.69) is 16.8 Å². The number of pyridine rings is 1. The van der Waals surface area contributed by atoms with Gasteiger partial charge >= 0.3 is 0 Å². The predicted octanol–water partition coefficient (Wildman–Crippen LogP) is 1.93. The first-order chi connectivity index (χ1) is 8.00. The van der Waals surface area contributed by atoms with E-state index in [4.69, 9.17) is 0 Å². The Morgan fingerprint density at radius 1 is 1.65 bits per heavy atom. The highest BCUT2D eigenvalue weighted by Gasteiger charge is 2.11. The van der Waals surface area contributed by atoms with Crippen molar-refractivity contribution in [2.45, 2.75) is 13.8 Å². The van der Waals surface area contributed by atoms with Gasteiger partial charge in [0.2, 0.25) is 0 Å². The number of rotatable bonds is 2. The van der Waals surface area contributed by atoms with E-state index in [1.54, 1.807) is 6.92 Å². The van der Waals surface area contributed by atoms with Crippen molar-refractivity contribution in [2.24, 2.45) is 0 Å². The standard InChI is InChI=1S/C11H10N2O3S/c1-8-11(13(15)16)6-10(7-12-8)4-3-5-17-9(2)14/h6-7H,5H2,1-2H3. The van der Waals surface area contributed by atoms with Crippen LogP contribution in [-0.2, 0) is 4.79 Å². The van der Waals surface area contributed by atoms with Gasteiger partial charge in [0, 0.05) is 24.8 Å². The quantitative estimate of drug-likeness (QED) is 0.455. The van der Waals surface area contributed by atoms with Gasteiger partial charge in [-0.1, -0.05) is 23.6 Å². The number of thioether (sulfide) groups is 1. The van der Waals surface area contributed by atoms with Crippen LogP contribution < -0.4 is 0 Å². The van der Waals surface area contributed by atoms with E-state index in [1.807, 2.05) is 0 Å². The molecule has 1 aromatic heterocycles. The zero-order valence-electron chi connectivity index (χ0n) is 9.39.